The lowest BCUT2D eigenvalue weighted by Gasteiger charge is -2.32. The number of hydrogen-bond donors (Lipinski definition) is 2. The van der Waals surface area contributed by atoms with Crippen LogP contribution in [0.3, 0.4) is 0 Å². The Morgan fingerprint density at radius 3 is 2.31 bits per heavy atom. The van der Waals surface area contributed by atoms with Gasteiger partial charge in [0.05, 0.1) is 25.2 Å². The largest absolute Gasteiger partial charge is 0.493 e. The van der Waals surface area contributed by atoms with Gasteiger partial charge in [0.2, 0.25) is 15.9 Å². The first-order valence-corrected chi connectivity index (χ1v) is 9.51. The van der Waals surface area contributed by atoms with Crippen LogP contribution in [-0.2, 0) is 14.8 Å². The summed E-state index contributed by atoms with van der Waals surface area (Å²) in [5.74, 6) is 0.614. The van der Waals surface area contributed by atoms with Gasteiger partial charge in [0.25, 0.3) is 0 Å². The molecule has 148 valence electrons. The van der Waals surface area contributed by atoms with E-state index < -0.39 is 16.1 Å². The molecule has 8 nitrogen and oxygen atoms in total. The molecule has 0 saturated carbocycles. The third-order valence-corrected chi connectivity index (χ3v) is 6.10. The maximum atomic E-state index is 12.8. The van der Waals surface area contributed by atoms with Crippen LogP contribution in [0.5, 0.6) is 11.5 Å². The second kappa shape index (κ2) is 9.40. The zero-order valence-corrected chi connectivity index (χ0v) is 16.7. The van der Waals surface area contributed by atoms with E-state index in [9.17, 15) is 13.2 Å². The molecule has 0 aromatic heterocycles. The molecule has 0 radical (unpaired) electrons. The van der Waals surface area contributed by atoms with Crippen LogP contribution >= 0.6 is 12.4 Å². The number of sulfonamides is 1. The van der Waals surface area contributed by atoms with E-state index >= 15 is 0 Å². The third kappa shape index (κ3) is 5.00. The maximum Gasteiger partial charge on any atom is 0.243 e. The van der Waals surface area contributed by atoms with Crippen molar-refractivity contribution in [1.82, 2.24) is 9.62 Å². The SMILES string of the molecule is COc1ccc(S(=O)(=O)N2CCC(NC(=O)[C@H](C)N)CC2)cc1OC.Cl. The zero-order valence-electron chi connectivity index (χ0n) is 15.1. The number of rotatable bonds is 6. The highest BCUT2D eigenvalue weighted by Gasteiger charge is 2.30. The van der Waals surface area contributed by atoms with Gasteiger partial charge in [0.15, 0.2) is 11.5 Å². The molecule has 1 aliphatic heterocycles. The van der Waals surface area contributed by atoms with Crippen molar-refractivity contribution in [2.45, 2.75) is 36.7 Å². The number of nitrogens with zero attached hydrogens (tertiary/aromatic N) is 1. The molecule has 1 heterocycles. The van der Waals surface area contributed by atoms with E-state index in [1.54, 1.807) is 13.0 Å². The van der Waals surface area contributed by atoms with E-state index in [-0.39, 0.29) is 29.3 Å². The minimum absolute atomic E-state index is 0. The van der Waals surface area contributed by atoms with E-state index in [4.69, 9.17) is 15.2 Å². The summed E-state index contributed by atoms with van der Waals surface area (Å²) in [5.41, 5.74) is 5.54. The van der Waals surface area contributed by atoms with Crippen LogP contribution < -0.4 is 20.5 Å². The molecule has 1 amide bonds. The van der Waals surface area contributed by atoms with E-state index in [1.165, 1.54) is 30.7 Å². The lowest BCUT2D eigenvalue weighted by atomic mass is 10.1. The van der Waals surface area contributed by atoms with Crippen molar-refractivity contribution in [2.75, 3.05) is 27.3 Å². The van der Waals surface area contributed by atoms with Crippen LogP contribution in [0.25, 0.3) is 0 Å². The van der Waals surface area contributed by atoms with Crippen LogP contribution in [0.4, 0.5) is 0 Å². The van der Waals surface area contributed by atoms with Crippen LogP contribution in [-0.4, -0.2) is 58.0 Å². The lowest BCUT2D eigenvalue weighted by Crippen LogP contribution is -2.49. The Labute approximate surface area is 160 Å². The number of ether oxygens (including phenoxy) is 2. The van der Waals surface area contributed by atoms with Crippen LogP contribution in [0.15, 0.2) is 23.1 Å². The number of nitrogens with two attached hydrogens (primary N) is 1. The van der Waals surface area contributed by atoms with Crippen molar-refractivity contribution in [3.8, 4) is 11.5 Å². The van der Waals surface area contributed by atoms with E-state index in [0.717, 1.165) is 0 Å². The number of amides is 1. The average molecular weight is 408 g/mol. The van der Waals surface area contributed by atoms with E-state index in [2.05, 4.69) is 5.32 Å². The summed E-state index contributed by atoms with van der Waals surface area (Å²) in [6.07, 6.45) is 1.09. The number of halogens is 1. The second-order valence-electron chi connectivity index (χ2n) is 5.99. The fourth-order valence-corrected chi connectivity index (χ4v) is 4.18. The number of benzene rings is 1. The average Bonchev–Trinajstić information content (AvgIpc) is 2.61. The fourth-order valence-electron chi connectivity index (χ4n) is 2.70. The first-order chi connectivity index (χ1) is 11.8. The predicted molar refractivity (Wildman–Crippen MR) is 100 cm³/mol. The third-order valence-electron chi connectivity index (χ3n) is 4.21. The van der Waals surface area contributed by atoms with Gasteiger partial charge < -0.3 is 20.5 Å². The summed E-state index contributed by atoms with van der Waals surface area (Å²) in [7, 11) is -0.675. The minimum Gasteiger partial charge on any atom is -0.493 e. The molecular formula is C16H26ClN3O5S. The molecule has 1 saturated heterocycles. The predicted octanol–water partition coefficient (Wildman–Crippen LogP) is 0.742. The van der Waals surface area contributed by atoms with Crippen molar-refractivity contribution in [2.24, 2.45) is 5.73 Å². The highest BCUT2D eigenvalue weighted by atomic mass is 35.5. The Bertz CT molecular complexity index is 719. The maximum absolute atomic E-state index is 12.8. The molecule has 0 bridgehead atoms. The summed E-state index contributed by atoms with van der Waals surface area (Å²) in [4.78, 5) is 11.8. The molecule has 1 atom stereocenters. The van der Waals surface area contributed by atoms with E-state index in [0.29, 0.717) is 37.4 Å². The van der Waals surface area contributed by atoms with Crippen LogP contribution in [0.1, 0.15) is 19.8 Å². The molecule has 1 fully saturated rings. The van der Waals surface area contributed by atoms with Gasteiger partial charge in [-0.1, -0.05) is 0 Å². The van der Waals surface area contributed by atoms with Crippen molar-refractivity contribution in [1.29, 1.82) is 0 Å². The molecule has 3 N–H and O–H groups in total. The molecule has 1 aliphatic rings. The molecule has 0 aliphatic carbocycles. The highest BCUT2D eigenvalue weighted by molar-refractivity contribution is 7.89. The molecule has 0 spiro atoms. The van der Waals surface area contributed by atoms with Gasteiger partial charge in [-0.15, -0.1) is 12.4 Å². The lowest BCUT2D eigenvalue weighted by molar-refractivity contribution is -0.122. The Balaban J connectivity index is 0.00000338. The topological polar surface area (TPSA) is 111 Å². The molecule has 10 heteroatoms. The Hall–Kier alpha value is -1.55. The first kappa shape index (κ1) is 22.5. The monoisotopic (exact) mass is 407 g/mol. The van der Waals surface area contributed by atoms with Gasteiger partial charge in [0.1, 0.15) is 0 Å². The summed E-state index contributed by atoms with van der Waals surface area (Å²) in [5, 5.41) is 2.84. The number of nitrogens with one attached hydrogen (secondary N) is 1. The van der Waals surface area contributed by atoms with Gasteiger partial charge in [0, 0.05) is 25.2 Å². The molecule has 0 unspecified atom stereocenters. The molecule has 2 rings (SSSR count). The molecular weight excluding hydrogens is 382 g/mol. The van der Waals surface area contributed by atoms with E-state index in [1.807, 2.05) is 0 Å². The number of methoxy groups -OCH3 is 2. The van der Waals surface area contributed by atoms with Gasteiger partial charge >= 0.3 is 0 Å². The fraction of sp³-hybridized carbons (Fsp3) is 0.562. The van der Waals surface area contributed by atoms with Crippen LogP contribution in [0, 0.1) is 0 Å². The van der Waals surface area contributed by atoms with Crippen molar-refractivity contribution in [3.05, 3.63) is 18.2 Å². The summed E-state index contributed by atoms with van der Waals surface area (Å²) < 4.78 is 37.4. The zero-order chi connectivity index (χ0) is 18.6. The van der Waals surface area contributed by atoms with Crippen molar-refractivity contribution in [3.63, 3.8) is 0 Å². The van der Waals surface area contributed by atoms with Gasteiger partial charge in [-0.25, -0.2) is 8.42 Å². The summed E-state index contributed by atoms with van der Waals surface area (Å²) >= 11 is 0. The van der Waals surface area contributed by atoms with Gasteiger partial charge in [-0.2, -0.15) is 4.31 Å². The molecule has 1 aromatic rings. The van der Waals surface area contributed by atoms with Gasteiger partial charge in [-0.3, -0.25) is 4.79 Å². The summed E-state index contributed by atoms with van der Waals surface area (Å²) in [6, 6.07) is 3.89. The Morgan fingerprint density at radius 1 is 1.23 bits per heavy atom. The van der Waals surface area contributed by atoms with Crippen molar-refractivity contribution < 1.29 is 22.7 Å². The quantitative estimate of drug-likeness (QED) is 0.719. The normalized spacial score (nSPS) is 17.1. The van der Waals surface area contributed by atoms with Crippen LogP contribution in [0.2, 0.25) is 0 Å². The number of carbonyl (C=O) groups excluding carboxylic acids is 1. The smallest absolute Gasteiger partial charge is 0.243 e. The Morgan fingerprint density at radius 2 is 1.81 bits per heavy atom. The number of piperidine rings is 1. The molecule has 1 aromatic carbocycles. The minimum atomic E-state index is -3.63. The number of carbonyl (C=O) groups is 1. The first-order valence-electron chi connectivity index (χ1n) is 8.07. The van der Waals surface area contributed by atoms with Crippen molar-refractivity contribution >= 4 is 28.3 Å². The summed E-state index contributed by atoms with van der Waals surface area (Å²) in [6.45, 7) is 2.28. The highest BCUT2D eigenvalue weighted by Crippen LogP contribution is 2.31. The Kier molecular flexibility index (Phi) is 8.14. The number of hydrogen-bond acceptors (Lipinski definition) is 6. The molecule has 26 heavy (non-hydrogen) atoms. The second-order valence-corrected chi connectivity index (χ2v) is 7.93. The van der Waals surface area contributed by atoms with Gasteiger partial charge in [-0.05, 0) is 31.9 Å². The standard InChI is InChI=1S/C16H25N3O5S.ClH/c1-11(17)16(20)18-12-6-8-19(9-7-12)25(21,22)13-4-5-14(23-2)15(10-13)24-3;/h4-5,10-12H,6-9,17H2,1-3H3,(H,18,20);1H/t11-;/m0./s1.